The number of halogens is 3. The van der Waals surface area contributed by atoms with E-state index in [9.17, 15) is 22.8 Å². The highest BCUT2D eigenvalue weighted by atomic mass is 19.4. The summed E-state index contributed by atoms with van der Waals surface area (Å²) in [5.41, 5.74) is 1.98. The van der Waals surface area contributed by atoms with Crippen molar-refractivity contribution in [3.05, 3.63) is 35.4 Å². The van der Waals surface area contributed by atoms with Crippen molar-refractivity contribution in [3.8, 4) is 0 Å². The van der Waals surface area contributed by atoms with Gasteiger partial charge in [0.25, 0.3) is 0 Å². The Kier molecular flexibility index (Phi) is 6.27. The van der Waals surface area contributed by atoms with E-state index in [1.807, 2.05) is 36.5 Å². The number of carbonyl (C=O) groups excluding carboxylic acids is 2. The monoisotopic (exact) mass is 398 g/mol. The summed E-state index contributed by atoms with van der Waals surface area (Å²) in [5, 5.41) is 4.85. The molecule has 2 amide bonds. The lowest BCUT2D eigenvalue weighted by Crippen LogP contribution is -2.55. The zero-order valence-electron chi connectivity index (χ0n) is 15.7. The fourth-order valence-electron chi connectivity index (χ4n) is 3.83. The zero-order valence-corrected chi connectivity index (χ0v) is 15.7. The highest BCUT2D eigenvalue weighted by molar-refractivity contribution is 6.01. The number of hydrogen-bond acceptors (Lipinski definition) is 3. The number of aryl methyl sites for hydroxylation is 1. The van der Waals surface area contributed by atoms with Gasteiger partial charge in [0, 0.05) is 12.5 Å². The van der Waals surface area contributed by atoms with E-state index < -0.39 is 30.0 Å². The van der Waals surface area contributed by atoms with Crippen molar-refractivity contribution >= 4 is 11.8 Å². The summed E-state index contributed by atoms with van der Waals surface area (Å²) in [6.07, 6.45) is -3.18. The molecule has 2 aliphatic rings. The Balaban J connectivity index is 1.72. The first-order valence-corrected chi connectivity index (χ1v) is 9.57. The van der Waals surface area contributed by atoms with Gasteiger partial charge < -0.3 is 15.4 Å². The number of alkyl halides is 3. The van der Waals surface area contributed by atoms with Crippen molar-refractivity contribution in [2.45, 2.75) is 50.9 Å². The molecule has 5 nitrogen and oxygen atoms in total. The lowest BCUT2D eigenvalue weighted by molar-refractivity contribution is -0.171. The van der Waals surface area contributed by atoms with E-state index in [-0.39, 0.29) is 24.8 Å². The average molecular weight is 398 g/mol. The second-order valence-electron chi connectivity index (χ2n) is 7.61. The maximum absolute atomic E-state index is 12.8. The first kappa shape index (κ1) is 20.6. The molecule has 1 aromatic carbocycles. The van der Waals surface area contributed by atoms with Gasteiger partial charge in [-0.2, -0.15) is 13.2 Å². The molecule has 154 valence electrons. The van der Waals surface area contributed by atoms with E-state index in [1.165, 1.54) is 0 Å². The van der Waals surface area contributed by atoms with Gasteiger partial charge in [-0.25, -0.2) is 0 Å². The van der Waals surface area contributed by atoms with Crippen LogP contribution in [0.15, 0.2) is 24.3 Å². The largest absolute Gasteiger partial charge is 0.408 e. The van der Waals surface area contributed by atoms with E-state index in [0.717, 1.165) is 24.0 Å². The molecule has 2 aliphatic heterocycles. The highest BCUT2D eigenvalue weighted by Crippen LogP contribution is 2.32. The minimum Gasteiger partial charge on any atom is -0.381 e. The minimum absolute atomic E-state index is 0.0509. The van der Waals surface area contributed by atoms with Crippen molar-refractivity contribution < 1.29 is 27.5 Å². The molecule has 0 spiro atoms. The molecule has 28 heavy (non-hydrogen) atoms. The quantitative estimate of drug-likeness (QED) is 0.767. The zero-order chi connectivity index (χ0) is 20.3. The lowest BCUT2D eigenvalue weighted by atomic mass is 9.87. The van der Waals surface area contributed by atoms with Crippen molar-refractivity contribution in [3.63, 3.8) is 0 Å². The summed E-state index contributed by atoms with van der Waals surface area (Å²) in [4.78, 5) is 24.9. The van der Waals surface area contributed by atoms with Crippen molar-refractivity contribution in [2.24, 2.45) is 11.8 Å². The fourth-order valence-corrected chi connectivity index (χ4v) is 3.83. The van der Waals surface area contributed by atoms with Gasteiger partial charge in [-0.15, -0.1) is 0 Å². The van der Waals surface area contributed by atoms with E-state index in [2.05, 4.69) is 5.32 Å². The molecule has 4 atom stereocenters. The molecule has 0 aromatic heterocycles. The molecule has 2 fully saturated rings. The third-order valence-corrected chi connectivity index (χ3v) is 5.49. The molecule has 2 saturated heterocycles. The predicted octanol–water partition coefficient (Wildman–Crippen LogP) is 3.04. The smallest absolute Gasteiger partial charge is 0.381 e. The van der Waals surface area contributed by atoms with Crippen LogP contribution in [0.4, 0.5) is 13.2 Å². The molecule has 1 aromatic rings. The van der Waals surface area contributed by atoms with Crippen molar-refractivity contribution in [1.82, 2.24) is 10.6 Å². The number of rotatable bonds is 4. The number of piperidine rings is 1. The summed E-state index contributed by atoms with van der Waals surface area (Å²) in [6, 6.07) is 5.51. The van der Waals surface area contributed by atoms with Gasteiger partial charge in [-0.3, -0.25) is 9.59 Å². The molecule has 3 unspecified atom stereocenters. The highest BCUT2D eigenvalue weighted by Gasteiger charge is 2.46. The van der Waals surface area contributed by atoms with E-state index in [1.54, 1.807) is 0 Å². The maximum Gasteiger partial charge on any atom is 0.408 e. The third kappa shape index (κ3) is 4.84. The summed E-state index contributed by atoms with van der Waals surface area (Å²) >= 11 is 0. The normalized spacial score (nSPS) is 27.0. The maximum atomic E-state index is 12.8. The first-order chi connectivity index (χ1) is 13.3. The van der Waals surface area contributed by atoms with Crippen LogP contribution in [0.25, 0.3) is 0 Å². The van der Waals surface area contributed by atoms with Crippen LogP contribution in [-0.2, 0) is 14.3 Å². The standard InChI is InChI=1S/C20H25F3N2O3/c1-12-4-6-13(7-5-12)17(14-3-2-10-28-11-14)25-19(27)15-8-9-16(20(21,22)23)24-18(15)26/h4-7,14-17H,2-3,8-11H2,1H3,(H,24,26)(H,25,27)/t14-,15?,16?,17?/m1/s1. The first-order valence-electron chi connectivity index (χ1n) is 9.57. The van der Waals surface area contributed by atoms with Crippen LogP contribution in [0.5, 0.6) is 0 Å². The molecule has 0 saturated carbocycles. The number of hydrogen-bond donors (Lipinski definition) is 2. The summed E-state index contributed by atoms with van der Waals surface area (Å²) in [6.45, 7) is 3.13. The van der Waals surface area contributed by atoms with Crippen molar-refractivity contribution in [1.29, 1.82) is 0 Å². The molecule has 2 N–H and O–H groups in total. The van der Waals surface area contributed by atoms with Gasteiger partial charge in [-0.1, -0.05) is 29.8 Å². The van der Waals surface area contributed by atoms with Crippen LogP contribution in [0, 0.1) is 18.8 Å². The lowest BCUT2D eigenvalue weighted by Gasteiger charge is -2.34. The van der Waals surface area contributed by atoms with Crippen LogP contribution in [0.1, 0.15) is 42.9 Å². The average Bonchev–Trinajstić information content (AvgIpc) is 2.66. The Labute approximate surface area is 162 Å². The number of amides is 2. The topological polar surface area (TPSA) is 67.4 Å². The van der Waals surface area contributed by atoms with E-state index >= 15 is 0 Å². The van der Waals surface area contributed by atoms with Gasteiger partial charge in [-0.05, 0) is 38.2 Å². The Bertz CT molecular complexity index is 700. The van der Waals surface area contributed by atoms with Crippen LogP contribution in [-0.4, -0.2) is 37.2 Å². The van der Waals surface area contributed by atoms with Gasteiger partial charge in [0.15, 0.2) is 0 Å². The Morgan fingerprint density at radius 2 is 1.93 bits per heavy atom. The molecule has 3 rings (SSSR count). The minimum atomic E-state index is -4.50. The van der Waals surface area contributed by atoms with Gasteiger partial charge >= 0.3 is 6.18 Å². The summed E-state index contributed by atoms with van der Waals surface area (Å²) in [5.74, 6) is -2.46. The summed E-state index contributed by atoms with van der Waals surface area (Å²) < 4.78 is 44.0. The number of benzene rings is 1. The van der Waals surface area contributed by atoms with E-state index in [0.29, 0.717) is 13.2 Å². The number of ether oxygens (including phenoxy) is 1. The van der Waals surface area contributed by atoms with Crippen molar-refractivity contribution in [2.75, 3.05) is 13.2 Å². The van der Waals surface area contributed by atoms with E-state index in [4.69, 9.17) is 4.74 Å². The van der Waals surface area contributed by atoms with Crippen LogP contribution in [0.2, 0.25) is 0 Å². The van der Waals surface area contributed by atoms with Gasteiger partial charge in [0.2, 0.25) is 11.8 Å². The Morgan fingerprint density at radius 3 is 2.50 bits per heavy atom. The second kappa shape index (κ2) is 8.51. The second-order valence-corrected chi connectivity index (χ2v) is 7.61. The number of carbonyl (C=O) groups is 2. The van der Waals surface area contributed by atoms with Crippen LogP contribution in [0.3, 0.4) is 0 Å². The molecular formula is C20H25F3N2O3. The number of nitrogens with one attached hydrogen (secondary N) is 2. The van der Waals surface area contributed by atoms with Crippen LogP contribution >= 0.6 is 0 Å². The molecule has 8 heteroatoms. The van der Waals surface area contributed by atoms with Crippen LogP contribution < -0.4 is 10.6 Å². The van der Waals surface area contributed by atoms with Gasteiger partial charge in [0.1, 0.15) is 12.0 Å². The molecule has 0 bridgehead atoms. The molecule has 0 aliphatic carbocycles. The Morgan fingerprint density at radius 1 is 1.21 bits per heavy atom. The Hall–Kier alpha value is -2.09. The predicted molar refractivity (Wildman–Crippen MR) is 96.3 cm³/mol. The third-order valence-electron chi connectivity index (χ3n) is 5.49. The summed E-state index contributed by atoms with van der Waals surface area (Å²) in [7, 11) is 0. The SMILES string of the molecule is Cc1ccc(C(NC(=O)C2CCC(C(F)(F)F)NC2=O)[C@@H]2CCCOC2)cc1. The van der Waals surface area contributed by atoms with Gasteiger partial charge in [0.05, 0.1) is 12.6 Å². The molecule has 2 heterocycles. The fraction of sp³-hybridized carbons (Fsp3) is 0.600. The molecule has 0 radical (unpaired) electrons. The molecular weight excluding hydrogens is 373 g/mol.